The Balaban J connectivity index is 2.26. The first-order chi connectivity index (χ1) is 10.1. The van der Waals surface area contributed by atoms with Crippen molar-refractivity contribution in [1.82, 2.24) is 4.90 Å². The summed E-state index contributed by atoms with van der Waals surface area (Å²) in [4.78, 5) is 14.3. The summed E-state index contributed by atoms with van der Waals surface area (Å²) in [6.07, 6.45) is 3.53. The molecule has 1 unspecified atom stereocenters. The molecule has 0 saturated carbocycles. The van der Waals surface area contributed by atoms with Crippen LogP contribution in [0.3, 0.4) is 0 Å². The van der Waals surface area contributed by atoms with E-state index in [1.54, 1.807) is 14.2 Å². The third kappa shape index (κ3) is 3.14. The van der Waals surface area contributed by atoms with Gasteiger partial charge in [-0.3, -0.25) is 4.79 Å². The third-order valence-corrected chi connectivity index (χ3v) is 4.25. The highest BCUT2D eigenvalue weighted by Gasteiger charge is 2.28. The summed E-state index contributed by atoms with van der Waals surface area (Å²) in [6.45, 7) is 4.99. The van der Waals surface area contributed by atoms with Gasteiger partial charge in [-0.15, -0.1) is 0 Å². The lowest BCUT2D eigenvalue weighted by molar-refractivity contribution is -0.133. The van der Waals surface area contributed by atoms with Crippen LogP contribution in [-0.2, 0) is 11.2 Å². The Kier molecular flexibility index (Phi) is 5.10. The number of carbonyl (C=O) groups excluding carboxylic acids is 1. The fourth-order valence-electron chi connectivity index (χ4n) is 2.96. The summed E-state index contributed by atoms with van der Waals surface area (Å²) in [7, 11) is 3.29. The summed E-state index contributed by atoms with van der Waals surface area (Å²) < 4.78 is 10.7. The minimum atomic E-state index is 0.0953. The number of hydrogen-bond donors (Lipinski definition) is 0. The molecule has 0 saturated heterocycles. The summed E-state index contributed by atoms with van der Waals surface area (Å²) >= 11 is 0. The highest BCUT2D eigenvalue weighted by atomic mass is 16.5. The first kappa shape index (κ1) is 15.7. The number of nitrogens with zero attached hydrogens (tertiary/aromatic N) is 1. The van der Waals surface area contributed by atoms with E-state index in [1.807, 2.05) is 17.0 Å². The number of rotatable bonds is 5. The van der Waals surface area contributed by atoms with Gasteiger partial charge in [0.1, 0.15) is 0 Å². The van der Waals surface area contributed by atoms with Crippen LogP contribution >= 0.6 is 0 Å². The van der Waals surface area contributed by atoms with Crippen LogP contribution in [0.25, 0.3) is 0 Å². The van der Waals surface area contributed by atoms with Crippen molar-refractivity contribution in [2.24, 2.45) is 0 Å². The van der Waals surface area contributed by atoms with E-state index in [0.29, 0.717) is 6.42 Å². The van der Waals surface area contributed by atoms with Crippen LogP contribution < -0.4 is 9.47 Å². The minimum absolute atomic E-state index is 0.0953. The van der Waals surface area contributed by atoms with Crippen molar-refractivity contribution < 1.29 is 14.3 Å². The van der Waals surface area contributed by atoms with Gasteiger partial charge in [-0.05, 0) is 43.0 Å². The van der Waals surface area contributed by atoms with Crippen LogP contribution in [0.2, 0.25) is 0 Å². The van der Waals surface area contributed by atoms with Crippen LogP contribution in [0, 0.1) is 0 Å². The van der Waals surface area contributed by atoms with E-state index in [9.17, 15) is 4.79 Å². The molecule has 0 bridgehead atoms. The zero-order valence-corrected chi connectivity index (χ0v) is 13.4. The summed E-state index contributed by atoms with van der Waals surface area (Å²) in [5.74, 6) is 1.74. The molecule has 116 valence electrons. The van der Waals surface area contributed by atoms with Crippen LogP contribution in [0.15, 0.2) is 12.1 Å². The van der Waals surface area contributed by atoms with Crippen LogP contribution in [0.5, 0.6) is 11.5 Å². The first-order valence-corrected chi connectivity index (χ1v) is 7.66. The molecule has 1 aromatic rings. The zero-order valence-electron chi connectivity index (χ0n) is 13.4. The Bertz CT molecular complexity index is 513. The minimum Gasteiger partial charge on any atom is -0.493 e. The van der Waals surface area contributed by atoms with Gasteiger partial charge in [-0.25, -0.2) is 0 Å². The molecule has 0 fully saturated rings. The highest BCUT2D eigenvalue weighted by molar-refractivity contribution is 5.77. The summed E-state index contributed by atoms with van der Waals surface area (Å²) in [5, 5.41) is 0. The second-order valence-electron chi connectivity index (χ2n) is 5.52. The Labute approximate surface area is 127 Å². The Hall–Kier alpha value is -1.71. The fraction of sp³-hybridized carbons (Fsp3) is 0.588. The largest absolute Gasteiger partial charge is 0.493 e. The van der Waals surface area contributed by atoms with Crippen molar-refractivity contribution in [3.8, 4) is 11.5 Å². The van der Waals surface area contributed by atoms with E-state index >= 15 is 0 Å². The maximum Gasteiger partial charge on any atom is 0.223 e. The molecule has 0 N–H and O–H groups in total. The van der Waals surface area contributed by atoms with Gasteiger partial charge in [0.15, 0.2) is 11.5 Å². The van der Waals surface area contributed by atoms with Crippen LogP contribution in [0.1, 0.15) is 50.3 Å². The van der Waals surface area contributed by atoms with Gasteiger partial charge in [0.25, 0.3) is 0 Å². The van der Waals surface area contributed by atoms with Crippen molar-refractivity contribution in [2.45, 2.75) is 45.6 Å². The molecule has 1 aliphatic heterocycles. The normalized spacial score (nSPS) is 17.3. The van der Waals surface area contributed by atoms with Crippen molar-refractivity contribution >= 4 is 5.91 Å². The number of benzene rings is 1. The predicted octanol–water partition coefficient (Wildman–Crippen LogP) is 3.34. The third-order valence-electron chi connectivity index (χ3n) is 4.25. The van der Waals surface area contributed by atoms with E-state index < -0.39 is 0 Å². The quantitative estimate of drug-likeness (QED) is 0.835. The molecular formula is C17H25NO3. The molecule has 4 heteroatoms. The lowest BCUT2D eigenvalue weighted by Crippen LogP contribution is -2.38. The number of amides is 1. The SMILES string of the molecule is CCCCC(=O)N1CCc2cc(OC)c(OC)cc2C1C. The number of unbranched alkanes of at least 4 members (excludes halogenated alkanes) is 1. The van der Waals surface area contributed by atoms with E-state index in [2.05, 4.69) is 13.8 Å². The van der Waals surface area contributed by atoms with Gasteiger partial charge in [-0.1, -0.05) is 13.3 Å². The number of carbonyl (C=O) groups is 1. The molecule has 1 aromatic carbocycles. The summed E-state index contributed by atoms with van der Waals surface area (Å²) in [6, 6.07) is 4.15. The van der Waals surface area contributed by atoms with Gasteiger partial charge in [-0.2, -0.15) is 0 Å². The first-order valence-electron chi connectivity index (χ1n) is 7.66. The number of methoxy groups -OCH3 is 2. The van der Waals surface area contributed by atoms with Crippen molar-refractivity contribution in [3.05, 3.63) is 23.3 Å². The van der Waals surface area contributed by atoms with Gasteiger partial charge < -0.3 is 14.4 Å². The van der Waals surface area contributed by atoms with Gasteiger partial charge in [0, 0.05) is 13.0 Å². The van der Waals surface area contributed by atoms with Crippen molar-refractivity contribution in [3.63, 3.8) is 0 Å². The molecule has 1 amide bonds. The lowest BCUT2D eigenvalue weighted by Gasteiger charge is -2.36. The lowest BCUT2D eigenvalue weighted by atomic mass is 9.92. The van der Waals surface area contributed by atoms with Gasteiger partial charge in [0.2, 0.25) is 5.91 Å². The van der Waals surface area contributed by atoms with Crippen molar-refractivity contribution in [1.29, 1.82) is 0 Å². The standard InChI is InChI=1S/C17H25NO3/c1-5-6-7-17(19)18-9-8-13-10-15(20-3)16(21-4)11-14(13)12(18)2/h10-12H,5-9H2,1-4H3. The Morgan fingerprint density at radius 2 is 1.95 bits per heavy atom. The molecule has 2 rings (SSSR count). The average molecular weight is 291 g/mol. The zero-order chi connectivity index (χ0) is 15.4. The smallest absolute Gasteiger partial charge is 0.223 e. The monoisotopic (exact) mass is 291 g/mol. The van der Waals surface area contributed by atoms with Gasteiger partial charge in [0.05, 0.1) is 20.3 Å². The average Bonchev–Trinajstić information content (AvgIpc) is 2.51. The Morgan fingerprint density at radius 3 is 2.57 bits per heavy atom. The maximum absolute atomic E-state index is 12.3. The second-order valence-corrected chi connectivity index (χ2v) is 5.52. The highest BCUT2D eigenvalue weighted by Crippen LogP contribution is 2.38. The molecule has 1 atom stereocenters. The molecule has 0 aliphatic carbocycles. The maximum atomic E-state index is 12.3. The van der Waals surface area contributed by atoms with E-state index in [1.165, 1.54) is 11.1 Å². The molecule has 21 heavy (non-hydrogen) atoms. The van der Waals surface area contributed by atoms with Crippen LogP contribution in [0.4, 0.5) is 0 Å². The predicted molar refractivity (Wildman–Crippen MR) is 82.9 cm³/mol. The fourth-order valence-corrected chi connectivity index (χ4v) is 2.96. The molecule has 1 aliphatic rings. The molecule has 0 spiro atoms. The second kappa shape index (κ2) is 6.83. The number of fused-ring (bicyclic) bond motifs is 1. The van der Waals surface area contributed by atoms with Crippen LogP contribution in [-0.4, -0.2) is 31.6 Å². The number of hydrogen-bond acceptors (Lipinski definition) is 3. The molecular weight excluding hydrogens is 266 g/mol. The summed E-state index contributed by atoms with van der Waals surface area (Å²) in [5.41, 5.74) is 2.42. The van der Waals surface area contributed by atoms with Crippen molar-refractivity contribution in [2.75, 3.05) is 20.8 Å². The molecule has 4 nitrogen and oxygen atoms in total. The van der Waals surface area contributed by atoms with Gasteiger partial charge >= 0.3 is 0 Å². The molecule has 0 aromatic heterocycles. The van der Waals surface area contributed by atoms with E-state index in [-0.39, 0.29) is 11.9 Å². The molecule has 0 radical (unpaired) electrons. The molecule has 1 heterocycles. The number of ether oxygens (including phenoxy) is 2. The van der Waals surface area contributed by atoms with E-state index in [0.717, 1.165) is 37.3 Å². The topological polar surface area (TPSA) is 38.8 Å². The Morgan fingerprint density at radius 1 is 1.29 bits per heavy atom. The van der Waals surface area contributed by atoms with E-state index in [4.69, 9.17) is 9.47 Å².